The normalized spacial score (nSPS) is 12.3. The number of aliphatic hydroxyl groups excluding tert-OH is 1. The van der Waals surface area contributed by atoms with E-state index in [1.165, 1.54) is 0 Å². The van der Waals surface area contributed by atoms with E-state index in [9.17, 15) is 5.11 Å². The Morgan fingerprint density at radius 3 is 2.33 bits per heavy atom. The fraction of sp³-hybridized carbons (Fsp3) is 0.200. The molecule has 0 radical (unpaired) electrons. The lowest BCUT2D eigenvalue weighted by molar-refractivity contribution is 0.220. The van der Waals surface area contributed by atoms with Gasteiger partial charge < -0.3 is 9.84 Å². The van der Waals surface area contributed by atoms with Gasteiger partial charge in [-0.25, -0.2) is 0 Å². The lowest BCUT2D eigenvalue weighted by Gasteiger charge is -2.17. The van der Waals surface area contributed by atoms with Gasteiger partial charge in [-0.3, -0.25) is 0 Å². The summed E-state index contributed by atoms with van der Waals surface area (Å²) in [6.45, 7) is 2.34. The topological polar surface area (TPSA) is 29.5 Å². The Bertz CT molecular complexity index is 662. The predicted molar refractivity (Wildman–Crippen MR) is 90.8 cm³/mol. The van der Waals surface area contributed by atoms with Crippen LogP contribution in [0.4, 0.5) is 0 Å². The number of rotatable bonds is 4. The van der Waals surface area contributed by atoms with Gasteiger partial charge in [0.1, 0.15) is 11.9 Å². The van der Waals surface area contributed by atoms with Crippen LogP contribution in [0.15, 0.2) is 34.8 Å². The van der Waals surface area contributed by atoms with E-state index in [2.05, 4.69) is 15.9 Å². The van der Waals surface area contributed by atoms with E-state index in [-0.39, 0.29) is 0 Å². The first-order valence-corrected chi connectivity index (χ1v) is 8.11. The monoisotopic (exact) mass is 408 g/mol. The third-order valence-electron chi connectivity index (χ3n) is 2.90. The van der Waals surface area contributed by atoms with Crippen LogP contribution in [-0.2, 0) is 0 Å². The maximum Gasteiger partial charge on any atom is 0.139 e. The first-order valence-electron chi connectivity index (χ1n) is 6.18. The van der Waals surface area contributed by atoms with Crippen LogP contribution in [0.25, 0.3) is 0 Å². The summed E-state index contributed by atoms with van der Waals surface area (Å²) in [5, 5.41) is 11.7. The van der Waals surface area contributed by atoms with Crippen LogP contribution in [-0.4, -0.2) is 11.7 Å². The smallest absolute Gasteiger partial charge is 0.139 e. The summed E-state index contributed by atoms with van der Waals surface area (Å²) < 4.78 is 6.20. The van der Waals surface area contributed by atoms with Crippen molar-refractivity contribution in [1.29, 1.82) is 0 Å². The average Bonchev–Trinajstić information content (AvgIpc) is 2.42. The number of hydrogen-bond donors (Lipinski definition) is 1. The molecule has 21 heavy (non-hydrogen) atoms. The van der Waals surface area contributed by atoms with Gasteiger partial charge in [0, 0.05) is 26.7 Å². The van der Waals surface area contributed by atoms with Gasteiger partial charge in [-0.1, -0.05) is 56.8 Å². The molecule has 1 atom stereocenters. The molecule has 0 amide bonds. The Labute approximate surface area is 146 Å². The third-order valence-corrected chi connectivity index (χ3v) is 4.35. The molecule has 2 nitrogen and oxygen atoms in total. The second-order valence-electron chi connectivity index (χ2n) is 4.31. The van der Waals surface area contributed by atoms with Crippen LogP contribution < -0.4 is 4.74 Å². The molecule has 0 saturated carbocycles. The van der Waals surface area contributed by atoms with Gasteiger partial charge in [0.15, 0.2) is 0 Å². The van der Waals surface area contributed by atoms with E-state index in [1.807, 2.05) is 6.92 Å². The van der Waals surface area contributed by atoms with E-state index in [0.29, 0.717) is 38.6 Å². The zero-order valence-electron chi connectivity index (χ0n) is 11.0. The van der Waals surface area contributed by atoms with Crippen LogP contribution in [0.3, 0.4) is 0 Å². The van der Waals surface area contributed by atoms with Crippen molar-refractivity contribution in [1.82, 2.24) is 0 Å². The zero-order chi connectivity index (χ0) is 15.6. The van der Waals surface area contributed by atoms with E-state index in [1.54, 1.807) is 30.3 Å². The molecule has 0 aromatic heterocycles. The molecule has 0 aliphatic carbocycles. The summed E-state index contributed by atoms with van der Waals surface area (Å²) in [6.07, 6.45) is -0.966. The van der Waals surface area contributed by atoms with Crippen molar-refractivity contribution in [2.45, 2.75) is 13.0 Å². The Morgan fingerprint density at radius 1 is 1.05 bits per heavy atom. The molecule has 0 fully saturated rings. The standard InChI is InChI=1S/C15H12BrCl3O2/c1-2-21-14-7-12(18)10(6-13(14)19)15(20)9-4-3-8(16)5-11(9)17/h3-7,15,20H,2H2,1H3. The van der Waals surface area contributed by atoms with Crippen molar-refractivity contribution in [3.63, 3.8) is 0 Å². The Hall–Kier alpha value is -0.450. The second kappa shape index (κ2) is 7.21. The van der Waals surface area contributed by atoms with Crippen molar-refractivity contribution in [3.05, 3.63) is 61.0 Å². The van der Waals surface area contributed by atoms with Gasteiger partial charge >= 0.3 is 0 Å². The van der Waals surface area contributed by atoms with E-state index in [0.717, 1.165) is 4.47 Å². The molecular weight excluding hydrogens is 398 g/mol. The summed E-state index contributed by atoms with van der Waals surface area (Å²) in [5.74, 6) is 0.488. The fourth-order valence-electron chi connectivity index (χ4n) is 1.91. The summed E-state index contributed by atoms with van der Waals surface area (Å²) in [5.41, 5.74) is 1.04. The van der Waals surface area contributed by atoms with Crippen LogP contribution in [0, 0.1) is 0 Å². The molecule has 0 saturated heterocycles. The summed E-state index contributed by atoms with van der Waals surface area (Å²) in [6, 6.07) is 8.44. The molecule has 0 spiro atoms. The molecule has 1 N–H and O–H groups in total. The molecule has 0 heterocycles. The number of aliphatic hydroxyl groups is 1. The molecule has 0 bridgehead atoms. The lowest BCUT2D eigenvalue weighted by Crippen LogP contribution is -2.03. The SMILES string of the molecule is CCOc1cc(Cl)c(C(O)c2ccc(Br)cc2Cl)cc1Cl. The van der Waals surface area contributed by atoms with E-state index < -0.39 is 6.10 Å². The molecule has 2 rings (SSSR count). The van der Waals surface area contributed by atoms with Gasteiger partial charge in [0.2, 0.25) is 0 Å². The van der Waals surface area contributed by atoms with Gasteiger partial charge in [-0.05, 0) is 25.1 Å². The number of ether oxygens (including phenoxy) is 1. The summed E-state index contributed by atoms with van der Waals surface area (Å²) in [4.78, 5) is 0. The van der Waals surface area contributed by atoms with Crippen LogP contribution in [0.5, 0.6) is 5.75 Å². The third kappa shape index (κ3) is 3.85. The van der Waals surface area contributed by atoms with Gasteiger partial charge in [-0.2, -0.15) is 0 Å². The first-order chi connectivity index (χ1) is 9.93. The Morgan fingerprint density at radius 2 is 1.71 bits per heavy atom. The van der Waals surface area contributed by atoms with Crippen LogP contribution >= 0.6 is 50.7 Å². The maximum absolute atomic E-state index is 10.5. The van der Waals surface area contributed by atoms with Gasteiger partial charge in [0.25, 0.3) is 0 Å². The molecule has 2 aromatic carbocycles. The van der Waals surface area contributed by atoms with Gasteiger partial charge in [-0.15, -0.1) is 0 Å². The summed E-state index contributed by atoms with van der Waals surface area (Å²) >= 11 is 21.8. The fourth-order valence-corrected chi connectivity index (χ4v) is 3.17. The highest BCUT2D eigenvalue weighted by molar-refractivity contribution is 9.10. The summed E-state index contributed by atoms with van der Waals surface area (Å²) in [7, 11) is 0. The minimum absolute atomic E-state index is 0.370. The maximum atomic E-state index is 10.5. The lowest BCUT2D eigenvalue weighted by atomic mass is 10.0. The number of hydrogen-bond acceptors (Lipinski definition) is 2. The Kier molecular flexibility index (Phi) is 5.81. The van der Waals surface area contributed by atoms with Crippen molar-refractivity contribution >= 4 is 50.7 Å². The number of halogens is 4. The second-order valence-corrected chi connectivity index (χ2v) is 6.44. The molecule has 0 aliphatic heterocycles. The van der Waals surface area contributed by atoms with Crippen molar-refractivity contribution < 1.29 is 9.84 Å². The highest BCUT2D eigenvalue weighted by atomic mass is 79.9. The molecule has 1 unspecified atom stereocenters. The zero-order valence-corrected chi connectivity index (χ0v) is 14.9. The predicted octanol–water partition coefficient (Wildman–Crippen LogP) is 5.89. The first kappa shape index (κ1) is 16.9. The largest absolute Gasteiger partial charge is 0.492 e. The molecule has 0 aliphatic rings. The van der Waals surface area contributed by atoms with Crippen LogP contribution in [0.1, 0.15) is 24.2 Å². The van der Waals surface area contributed by atoms with Crippen LogP contribution in [0.2, 0.25) is 15.1 Å². The van der Waals surface area contributed by atoms with E-state index in [4.69, 9.17) is 39.5 Å². The molecular formula is C15H12BrCl3O2. The average molecular weight is 411 g/mol. The minimum Gasteiger partial charge on any atom is -0.492 e. The molecule has 112 valence electrons. The Balaban J connectivity index is 2.43. The van der Waals surface area contributed by atoms with E-state index >= 15 is 0 Å². The highest BCUT2D eigenvalue weighted by Crippen LogP contribution is 2.38. The van der Waals surface area contributed by atoms with Crippen molar-refractivity contribution in [3.8, 4) is 5.75 Å². The highest BCUT2D eigenvalue weighted by Gasteiger charge is 2.19. The minimum atomic E-state index is -0.966. The van der Waals surface area contributed by atoms with Gasteiger partial charge in [0.05, 0.1) is 16.7 Å². The number of benzene rings is 2. The van der Waals surface area contributed by atoms with Crippen molar-refractivity contribution in [2.75, 3.05) is 6.61 Å². The molecule has 6 heteroatoms. The molecule has 2 aromatic rings. The van der Waals surface area contributed by atoms with Crippen molar-refractivity contribution in [2.24, 2.45) is 0 Å². The quantitative estimate of drug-likeness (QED) is 0.681.